The lowest BCUT2D eigenvalue weighted by atomic mass is 10.1. The lowest BCUT2D eigenvalue weighted by molar-refractivity contribution is 0.0997. The van der Waals surface area contributed by atoms with E-state index in [1.807, 2.05) is 6.92 Å². The van der Waals surface area contributed by atoms with Crippen LogP contribution in [-0.4, -0.2) is 21.6 Å². The van der Waals surface area contributed by atoms with Gasteiger partial charge in [0.2, 0.25) is 11.3 Å². The van der Waals surface area contributed by atoms with Gasteiger partial charge in [-0.2, -0.15) is 5.10 Å². The first-order valence-corrected chi connectivity index (χ1v) is 8.20. The normalized spacial score (nSPS) is 10.7. The summed E-state index contributed by atoms with van der Waals surface area (Å²) in [5.41, 5.74) is 5.77. The molecule has 3 aromatic rings. The standard InChI is InChI=1S/C18H15ClN4O3/c1-2-23-14-8-5-11(19)9-13(14)16(24)15(22-23)18(26)21-12-6-3-10(4-7-12)17(20)25/h3-9H,2H2,1H3,(H2,20,25)(H,21,26). The molecule has 2 amide bonds. The SMILES string of the molecule is CCn1nc(C(=O)Nc2ccc(C(N)=O)cc2)c(=O)c2cc(Cl)ccc21. The average molecular weight is 371 g/mol. The number of aryl methyl sites for hydroxylation is 1. The summed E-state index contributed by atoms with van der Waals surface area (Å²) >= 11 is 5.98. The van der Waals surface area contributed by atoms with Crippen LogP contribution in [0.4, 0.5) is 5.69 Å². The van der Waals surface area contributed by atoms with E-state index in [4.69, 9.17) is 17.3 Å². The highest BCUT2D eigenvalue weighted by molar-refractivity contribution is 6.31. The minimum Gasteiger partial charge on any atom is -0.366 e. The van der Waals surface area contributed by atoms with Crippen LogP contribution in [0, 0.1) is 0 Å². The van der Waals surface area contributed by atoms with Crippen LogP contribution in [0.3, 0.4) is 0 Å². The molecule has 0 atom stereocenters. The fraction of sp³-hybridized carbons (Fsp3) is 0.111. The molecule has 0 saturated carbocycles. The second kappa shape index (κ2) is 6.97. The highest BCUT2D eigenvalue weighted by Gasteiger charge is 2.17. The Bertz CT molecular complexity index is 1070. The summed E-state index contributed by atoms with van der Waals surface area (Å²) in [6.07, 6.45) is 0. The quantitative estimate of drug-likeness (QED) is 0.735. The lowest BCUT2D eigenvalue weighted by Crippen LogP contribution is -2.27. The number of anilines is 1. The zero-order valence-electron chi connectivity index (χ0n) is 13.8. The molecule has 3 N–H and O–H groups in total. The van der Waals surface area contributed by atoms with Crippen molar-refractivity contribution in [3.63, 3.8) is 0 Å². The Morgan fingerprint density at radius 3 is 2.50 bits per heavy atom. The largest absolute Gasteiger partial charge is 0.366 e. The van der Waals surface area contributed by atoms with Crippen LogP contribution in [0.2, 0.25) is 5.02 Å². The predicted octanol–water partition coefficient (Wildman–Crippen LogP) is 2.42. The second-order valence-electron chi connectivity index (χ2n) is 5.55. The highest BCUT2D eigenvalue weighted by atomic mass is 35.5. The molecule has 0 bridgehead atoms. The third-order valence-corrected chi connectivity index (χ3v) is 4.09. The number of hydrogen-bond acceptors (Lipinski definition) is 4. The Morgan fingerprint density at radius 2 is 1.88 bits per heavy atom. The molecule has 1 heterocycles. The molecule has 0 aliphatic heterocycles. The molecule has 0 fully saturated rings. The summed E-state index contributed by atoms with van der Waals surface area (Å²) in [4.78, 5) is 36.3. The van der Waals surface area contributed by atoms with Crippen LogP contribution < -0.4 is 16.5 Å². The van der Waals surface area contributed by atoms with Crippen LogP contribution in [0.5, 0.6) is 0 Å². The molecular formula is C18H15ClN4O3. The number of amides is 2. The van der Waals surface area contributed by atoms with Crippen molar-refractivity contribution < 1.29 is 9.59 Å². The van der Waals surface area contributed by atoms with E-state index in [1.54, 1.807) is 16.8 Å². The van der Waals surface area contributed by atoms with Crippen LogP contribution in [0.1, 0.15) is 27.8 Å². The maximum Gasteiger partial charge on any atom is 0.280 e. The molecule has 7 nitrogen and oxygen atoms in total. The highest BCUT2D eigenvalue weighted by Crippen LogP contribution is 2.17. The summed E-state index contributed by atoms with van der Waals surface area (Å²) in [5, 5.41) is 7.48. The Kier molecular flexibility index (Phi) is 4.73. The van der Waals surface area contributed by atoms with Crippen molar-refractivity contribution in [2.45, 2.75) is 13.5 Å². The van der Waals surface area contributed by atoms with Gasteiger partial charge in [-0.3, -0.25) is 19.1 Å². The maximum atomic E-state index is 12.7. The molecule has 3 rings (SSSR count). The predicted molar refractivity (Wildman–Crippen MR) is 99.6 cm³/mol. The van der Waals surface area contributed by atoms with E-state index in [-0.39, 0.29) is 5.69 Å². The number of carbonyl (C=O) groups is 2. The van der Waals surface area contributed by atoms with E-state index in [0.29, 0.717) is 33.7 Å². The molecule has 0 saturated heterocycles. The molecule has 0 spiro atoms. The number of aromatic nitrogens is 2. The zero-order valence-corrected chi connectivity index (χ0v) is 14.6. The molecule has 0 aliphatic rings. The van der Waals surface area contributed by atoms with E-state index < -0.39 is 17.2 Å². The van der Waals surface area contributed by atoms with Crippen molar-refractivity contribution in [1.82, 2.24) is 9.78 Å². The van der Waals surface area contributed by atoms with Crippen molar-refractivity contribution in [3.8, 4) is 0 Å². The lowest BCUT2D eigenvalue weighted by Gasteiger charge is -2.11. The number of nitrogens with one attached hydrogen (secondary N) is 1. The van der Waals surface area contributed by atoms with Gasteiger partial charge in [-0.1, -0.05) is 11.6 Å². The number of carbonyl (C=O) groups excluding carboxylic acids is 2. The number of primary amides is 1. The monoisotopic (exact) mass is 370 g/mol. The molecule has 8 heteroatoms. The minimum atomic E-state index is -0.647. The van der Waals surface area contributed by atoms with Gasteiger partial charge in [0, 0.05) is 22.8 Å². The Labute approximate surface area is 153 Å². The second-order valence-corrected chi connectivity index (χ2v) is 5.99. The molecule has 0 aliphatic carbocycles. The third kappa shape index (κ3) is 3.29. The topological polar surface area (TPSA) is 107 Å². The van der Waals surface area contributed by atoms with Gasteiger partial charge >= 0.3 is 0 Å². The van der Waals surface area contributed by atoms with Gasteiger partial charge < -0.3 is 11.1 Å². The van der Waals surface area contributed by atoms with E-state index in [1.165, 1.54) is 30.3 Å². The Balaban J connectivity index is 2.01. The van der Waals surface area contributed by atoms with Crippen molar-refractivity contribution in [1.29, 1.82) is 0 Å². The van der Waals surface area contributed by atoms with E-state index in [2.05, 4.69) is 10.4 Å². The minimum absolute atomic E-state index is 0.236. The molecule has 132 valence electrons. The molecule has 1 aromatic heterocycles. The average Bonchev–Trinajstić information content (AvgIpc) is 2.62. The summed E-state index contributed by atoms with van der Waals surface area (Å²) < 4.78 is 1.57. The van der Waals surface area contributed by atoms with Crippen LogP contribution in [0.25, 0.3) is 10.9 Å². The number of benzene rings is 2. The van der Waals surface area contributed by atoms with Crippen LogP contribution in [-0.2, 0) is 6.54 Å². The number of fused-ring (bicyclic) bond motifs is 1. The van der Waals surface area contributed by atoms with Crippen molar-refractivity contribution in [2.24, 2.45) is 5.73 Å². The molecule has 26 heavy (non-hydrogen) atoms. The number of halogens is 1. The van der Waals surface area contributed by atoms with Gasteiger partial charge in [0.15, 0.2) is 5.69 Å². The maximum absolute atomic E-state index is 12.7. The smallest absolute Gasteiger partial charge is 0.280 e. The summed E-state index contributed by atoms with van der Waals surface area (Å²) in [6, 6.07) is 10.9. The van der Waals surface area contributed by atoms with Gasteiger partial charge in [0.1, 0.15) is 0 Å². The summed E-state index contributed by atoms with van der Waals surface area (Å²) in [6.45, 7) is 2.34. The zero-order chi connectivity index (χ0) is 18.8. The van der Waals surface area contributed by atoms with Crippen molar-refractivity contribution in [3.05, 3.63) is 69.0 Å². The third-order valence-electron chi connectivity index (χ3n) is 3.86. The van der Waals surface area contributed by atoms with Crippen molar-refractivity contribution >= 4 is 40.0 Å². The number of nitrogens with two attached hydrogens (primary N) is 1. The van der Waals surface area contributed by atoms with Gasteiger partial charge in [-0.25, -0.2) is 0 Å². The number of hydrogen-bond donors (Lipinski definition) is 2. The van der Waals surface area contributed by atoms with E-state index in [0.717, 1.165) is 0 Å². The molecule has 2 aromatic carbocycles. The van der Waals surface area contributed by atoms with Gasteiger partial charge in [0.25, 0.3) is 5.91 Å². The summed E-state index contributed by atoms with van der Waals surface area (Å²) in [5.74, 6) is -1.22. The van der Waals surface area contributed by atoms with Crippen LogP contribution in [0.15, 0.2) is 47.3 Å². The molecule has 0 radical (unpaired) electrons. The van der Waals surface area contributed by atoms with E-state index >= 15 is 0 Å². The fourth-order valence-electron chi connectivity index (χ4n) is 2.56. The van der Waals surface area contributed by atoms with E-state index in [9.17, 15) is 14.4 Å². The molecule has 0 unspecified atom stereocenters. The first-order chi connectivity index (χ1) is 12.4. The van der Waals surface area contributed by atoms with Gasteiger partial charge in [0.05, 0.1) is 10.9 Å². The first kappa shape index (κ1) is 17.6. The fourth-order valence-corrected chi connectivity index (χ4v) is 2.73. The summed E-state index contributed by atoms with van der Waals surface area (Å²) in [7, 11) is 0. The van der Waals surface area contributed by atoms with Crippen LogP contribution >= 0.6 is 11.6 Å². The number of rotatable bonds is 4. The Hall–Kier alpha value is -3.19. The van der Waals surface area contributed by atoms with Crippen molar-refractivity contribution in [2.75, 3.05) is 5.32 Å². The van der Waals surface area contributed by atoms with Gasteiger partial charge in [-0.15, -0.1) is 0 Å². The van der Waals surface area contributed by atoms with Gasteiger partial charge in [-0.05, 0) is 49.4 Å². The molecular weight excluding hydrogens is 356 g/mol. The first-order valence-electron chi connectivity index (χ1n) is 7.82. The number of nitrogens with zero attached hydrogens (tertiary/aromatic N) is 2. The Morgan fingerprint density at radius 1 is 1.19 bits per heavy atom.